The molecule has 0 aliphatic carbocycles. The van der Waals surface area contributed by atoms with Crippen LogP contribution in [0, 0.1) is 41.4 Å². The van der Waals surface area contributed by atoms with Crippen LogP contribution in [0.25, 0.3) is 0 Å². The SMILES string of the molecule is C/C=C/C[C@@H](C)[C@@H](O)[C@H]1C(=O)N[C@@H](CC)C(=O)N(C)[C@H](COCCN(C)C)C(=O)N(C)[C@@H](CC(C)C)C(=O)N[C@@H](C(C)C)C(=O)N(C)[C@@H](CC(C)C)C(=O)N[C@@H](C)C(=O)N[C@H](C)C(=O)N(C)[C@@H](CC(C)C)C(=O)N(C)[C@@H](CC(C)C)C(=O)N(C)[C@@H](C(C)C)C(=O)N1C. The van der Waals surface area contributed by atoms with Gasteiger partial charge in [-0.05, 0) is 115 Å². The average Bonchev–Trinajstić information content (AvgIpc) is 0.861. The first-order valence-corrected chi connectivity index (χ1v) is 33.1. The highest BCUT2D eigenvalue weighted by molar-refractivity contribution is 6.00. The van der Waals surface area contributed by atoms with Crippen LogP contribution >= 0.6 is 0 Å². The maximum Gasteiger partial charge on any atom is 0.248 e. The number of allylic oxidation sites excluding steroid dienone is 2. The van der Waals surface area contributed by atoms with E-state index in [4.69, 9.17) is 4.74 Å². The van der Waals surface area contributed by atoms with Gasteiger partial charge >= 0.3 is 0 Å². The van der Waals surface area contributed by atoms with Gasteiger partial charge in [0.2, 0.25) is 65.0 Å². The van der Waals surface area contributed by atoms with Crippen LogP contribution in [0.5, 0.6) is 0 Å². The van der Waals surface area contributed by atoms with Gasteiger partial charge in [-0.25, -0.2) is 0 Å². The van der Waals surface area contributed by atoms with Crippen LogP contribution in [0.1, 0.15) is 156 Å². The fourth-order valence-electron chi connectivity index (χ4n) is 11.4. The van der Waals surface area contributed by atoms with Gasteiger partial charge in [-0.1, -0.05) is 109 Å². The summed E-state index contributed by atoms with van der Waals surface area (Å²) in [6.45, 7) is 30.1. The summed E-state index contributed by atoms with van der Waals surface area (Å²) in [4.78, 5) is 174. The second-order valence-electron chi connectivity index (χ2n) is 28.2. The van der Waals surface area contributed by atoms with Crippen LogP contribution in [-0.2, 0) is 57.5 Å². The number of aliphatic hydroxyl groups excluding tert-OH is 1. The Kier molecular flexibility index (Phi) is 35.4. The van der Waals surface area contributed by atoms with E-state index < -0.39 is 155 Å². The Labute approximate surface area is 551 Å². The Balaban J connectivity index is 4.53. The predicted octanol–water partition coefficient (Wildman–Crippen LogP) is 3.22. The van der Waals surface area contributed by atoms with Crippen molar-refractivity contribution in [1.82, 2.24) is 60.5 Å². The molecule has 0 aromatic rings. The summed E-state index contributed by atoms with van der Waals surface area (Å²) in [6.07, 6.45) is 2.86. The van der Waals surface area contributed by atoms with Crippen molar-refractivity contribution in [2.75, 3.05) is 83.2 Å². The van der Waals surface area contributed by atoms with Crippen molar-refractivity contribution in [1.29, 1.82) is 0 Å². The van der Waals surface area contributed by atoms with Crippen molar-refractivity contribution in [2.24, 2.45) is 41.4 Å². The maximum atomic E-state index is 15.3. The minimum atomic E-state index is -1.65. The van der Waals surface area contributed by atoms with E-state index in [0.717, 1.165) is 9.80 Å². The molecule has 0 saturated carbocycles. The summed E-state index contributed by atoms with van der Waals surface area (Å²) in [5.41, 5.74) is 0. The molecule has 5 N–H and O–H groups in total. The second-order valence-corrected chi connectivity index (χ2v) is 28.2. The van der Waals surface area contributed by atoms with Gasteiger partial charge in [0.05, 0.1) is 19.3 Å². The lowest BCUT2D eigenvalue weighted by Gasteiger charge is -2.41. The average molecular weight is 1300 g/mol. The highest BCUT2D eigenvalue weighted by Gasteiger charge is 2.46. The minimum absolute atomic E-state index is 0.0245. The van der Waals surface area contributed by atoms with Crippen LogP contribution < -0.4 is 21.3 Å². The van der Waals surface area contributed by atoms with E-state index in [2.05, 4.69) is 21.3 Å². The Morgan fingerprint density at radius 1 is 0.467 bits per heavy atom. The van der Waals surface area contributed by atoms with Crippen molar-refractivity contribution in [3.05, 3.63) is 12.2 Å². The Morgan fingerprint density at radius 2 is 0.870 bits per heavy atom. The monoisotopic (exact) mass is 1300 g/mol. The first-order chi connectivity index (χ1) is 42.5. The molecule has 0 bridgehead atoms. The molecule has 0 aromatic heterocycles. The fourth-order valence-corrected chi connectivity index (χ4v) is 11.4. The van der Waals surface area contributed by atoms with Gasteiger partial charge < -0.3 is 70.3 Å². The molecule has 25 nitrogen and oxygen atoms in total. The molecule has 1 saturated heterocycles. The van der Waals surface area contributed by atoms with Crippen LogP contribution in [-0.4, -0.2) is 265 Å². The van der Waals surface area contributed by atoms with Crippen molar-refractivity contribution < 1.29 is 62.6 Å². The van der Waals surface area contributed by atoms with Gasteiger partial charge in [0.25, 0.3) is 0 Å². The summed E-state index contributed by atoms with van der Waals surface area (Å²) in [5, 5.41) is 23.4. The van der Waals surface area contributed by atoms with E-state index in [1.807, 2.05) is 80.5 Å². The van der Waals surface area contributed by atoms with Crippen LogP contribution in [0.15, 0.2) is 12.2 Å². The highest BCUT2D eigenvalue weighted by Crippen LogP contribution is 2.26. The van der Waals surface area contributed by atoms with Gasteiger partial charge in [0, 0.05) is 55.9 Å². The highest BCUT2D eigenvalue weighted by atomic mass is 16.5. The quantitative estimate of drug-likeness (QED) is 0.0865. The largest absolute Gasteiger partial charge is 0.390 e. The van der Waals surface area contributed by atoms with E-state index in [1.54, 1.807) is 54.5 Å². The third-order valence-corrected chi connectivity index (χ3v) is 17.3. The lowest BCUT2D eigenvalue weighted by molar-refractivity contribution is -0.157. The predicted molar refractivity (Wildman–Crippen MR) is 357 cm³/mol. The third-order valence-electron chi connectivity index (χ3n) is 17.3. The topological polar surface area (TPSA) is 291 Å². The molecular weight excluding hydrogens is 1180 g/mol. The normalized spacial score (nSPS) is 26.7. The minimum Gasteiger partial charge on any atom is -0.390 e. The molecule has 11 amide bonds. The molecule has 1 rings (SSSR count). The fraction of sp³-hybridized carbons (Fsp3) is 0.806. The summed E-state index contributed by atoms with van der Waals surface area (Å²) >= 11 is 0. The lowest BCUT2D eigenvalue weighted by Crippen LogP contribution is -2.64. The van der Waals surface area contributed by atoms with Crippen molar-refractivity contribution in [3.63, 3.8) is 0 Å². The van der Waals surface area contributed by atoms with E-state index in [-0.39, 0.29) is 69.0 Å². The number of amides is 11. The molecule has 1 fully saturated rings. The maximum absolute atomic E-state index is 15.3. The molecule has 25 heteroatoms. The number of likely N-dealkylation sites (N-methyl/N-ethyl adjacent to an activating group) is 8. The number of nitrogens with zero attached hydrogens (tertiary/aromatic N) is 8. The number of aliphatic hydroxyl groups is 1. The molecule has 0 unspecified atom stereocenters. The van der Waals surface area contributed by atoms with Gasteiger partial charge in [-0.15, -0.1) is 0 Å². The molecule has 0 aromatic carbocycles. The van der Waals surface area contributed by atoms with Gasteiger partial charge in [0.1, 0.15) is 66.5 Å². The number of carbonyl (C=O) groups is 11. The summed E-state index contributed by atoms with van der Waals surface area (Å²) < 4.78 is 6.08. The second kappa shape index (κ2) is 38.8. The molecule has 0 radical (unpaired) electrons. The summed E-state index contributed by atoms with van der Waals surface area (Å²) in [6, 6.07) is -14.1. The number of carbonyl (C=O) groups excluding carboxylic acids is 11. The Morgan fingerprint density at radius 3 is 1.32 bits per heavy atom. The van der Waals surface area contributed by atoms with Gasteiger partial charge in [-0.3, -0.25) is 52.7 Å². The standard InChI is InChI=1S/C67H122N12O13/c1-27-29-30-44(15)56(80)55-60(84)70-47(28-2)62(86)77(24)52(37-92-32-31-72(18)19)65(89)73(20)49(34-39(5)6)59(83)71-53(42(11)12)66(90)74(21)48(33-38(3)4)58(82)68-45(16)57(81)69-46(17)61(85)75(22)50(35-40(7)8)63(87)76(23)51(36-41(9)10)64(88)78(25)54(43(13)14)67(91)79(55)26/h27,29,38-56,80H,28,30-37H2,1-26H3,(H,68,82)(H,69,81)(H,70,84)(H,71,83)/b29-27+/t44-,45+,46-,47+,48+,49+,50+,51+,52-,53+,54+,55+,56-/m1/s1. The lowest BCUT2D eigenvalue weighted by atomic mass is 9.91. The zero-order valence-electron chi connectivity index (χ0n) is 60.9. The molecule has 1 heterocycles. The molecule has 0 spiro atoms. The molecular formula is C67H122N12O13. The van der Waals surface area contributed by atoms with E-state index in [0.29, 0.717) is 13.0 Å². The number of nitrogens with one attached hydrogen (secondary N) is 4. The number of rotatable bonds is 20. The molecule has 1 aliphatic rings. The summed E-state index contributed by atoms with van der Waals surface area (Å²) in [7, 11) is 13.6. The Bertz CT molecular complexity index is 2490. The zero-order valence-corrected chi connectivity index (χ0v) is 60.9. The number of ether oxygens (including phenoxy) is 1. The van der Waals surface area contributed by atoms with Crippen molar-refractivity contribution in [2.45, 2.75) is 229 Å². The zero-order chi connectivity index (χ0) is 71.3. The van der Waals surface area contributed by atoms with E-state index in [1.165, 1.54) is 87.7 Å². The molecule has 92 heavy (non-hydrogen) atoms. The molecule has 13 atom stereocenters. The molecule has 1 aliphatic heterocycles. The number of hydrogen-bond acceptors (Lipinski definition) is 14. The van der Waals surface area contributed by atoms with Gasteiger partial charge in [-0.2, -0.15) is 0 Å². The van der Waals surface area contributed by atoms with Crippen LogP contribution in [0.2, 0.25) is 0 Å². The van der Waals surface area contributed by atoms with E-state index >= 15 is 28.8 Å². The van der Waals surface area contributed by atoms with Gasteiger partial charge in [0.15, 0.2) is 0 Å². The first-order valence-electron chi connectivity index (χ1n) is 33.1. The number of hydrogen-bond donors (Lipinski definition) is 5. The van der Waals surface area contributed by atoms with Crippen molar-refractivity contribution in [3.8, 4) is 0 Å². The smallest absolute Gasteiger partial charge is 0.248 e. The van der Waals surface area contributed by atoms with Crippen LogP contribution in [0.4, 0.5) is 0 Å². The van der Waals surface area contributed by atoms with E-state index in [9.17, 15) is 29.1 Å². The Hall–Kier alpha value is -6.21. The third kappa shape index (κ3) is 24.0. The molecule has 528 valence electrons. The van der Waals surface area contributed by atoms with Crippen molar-refractivity contribution >= 4 is 65.0 Å². The van der Waals surface area contributed by atoms with Crippen LogP contribution in [0.3, 0.4) is 0 Å². The summed E-state index contributed by atoms with van der Waals surface area (Å²) in [5.74, 6) is -10.1. The first kappa shape index (κ1) is 83.8.